The first kappa shape index (κ1) is 13.5. The van der Waals surface area contributed by atoms with Gasteiger partial charge in [0.05, 0.1) is 5.39 Å². The first-order valence-corrected chi connectivity index (χ1v) is 6.74. The lowest BCUT2D eigenvalue weighted by Crippen LogP contribution is -2.25. The van der Waals surface area contributed by atoms with Crippen LogP contribution in [-0.2, 0) is 0 Å². The molecule has 2 heterocycles. The Kier molecular flexibility index (Phi) is 3.53. The molecule has 4 N–H and O–H groups in total. The van der Waals surface area contributed by atoms with Crippen LogP contribution in [0, 0.1) is 5.82 Å². The van der Waals surface area contributed by atoms with Gasteiger partial charge >= 0.3 is 0 Å². The van der Waals surface area contributed by atoms with Crippen LogP contribution in [-0.4, -0.2) is 27.5 Å². The Morgan fingerprint density at radius 1 is 1.29 bits per heavy atom. The summed E-state index contributed by atoms with van der Waals surface area (Å²) in [5.41, 5.74) is 7.55. The third-order valence-corrected chi connectivity index (χ3v) is 3.37. The van der Waals surface area contributed by atoms with Crippen LogP contribution in [0.3, 0.4) is 0 Å². The van der Waals surface area contributed by atoms with Crippen molar-refractivity contribution in [3.05, 3.63) is 42.6 Å². The topological polar surface area (TPSA) is 79.6 Å². The van der Waals surface area contributed by atoms with Crippen LogP contribution in [0.4, 0.5) is 10.2 Å². The minimum absolute atomic E-state index is 0.0615. The van der Waals surface area contributed by atoms with Crippen molar-refractivity contribution in [2.75, 3.05) is 11.9 Å². The summed E-state index contributed by atoms with van der Waals surface area (Å²) in [6, 6.07) is 6.71. The molecule has 21 heavy (non-hydrogen) atoms. The largest absolute Gasteiger partial charge is 0.366 e. The molecule has 0 unspecified atom stereocenters. The lowest BCUT2D eigenvalue weighted by molar-refractivity contribution is 0.631. The van der Waals surface area contributed by atoms with E-state index in [0.29, 0.717) is 23.6 Å². The lowest BCUT2D eigenvalue weighted by atomic mass is 10.1. The fourth-order valence-electron chi connectivity index (χ4n) is 2.26. The molecule has 0 aliphatic heterocycles. The molecule has 0 bridgehead atoms. The van der Waals surface area contributed by atoms with Crippen molar-refractivity contribution in [3.8, 4) is 11.1 Å². The zero-order valence-corrected chi connectivity index (χ0v) is 11.6. The van der Waals surface area contributed by atoms with Crippen molar-refractivity contribution < 1.29 is 4.39 Å². The quantitative estimate of drug-likeness (QED) is 0.688. The third kappa shape index (κ3) is 2.45. The number of hydrogen-bond donors (Lipinski definition) is 3. The van der Waals surface area contributed by atoms with E-state index in [9.17, 15) is 4.39 Å². The van der Waals surface area contributed by atoms with E-state index in [1.165, 1.54) is 12.4 Å². The van der Waals surface area contributed by atoms with Crippen LogP contribution < -0.4 is 11.1 Å². The fraction of sp³-hybridized carbons (Fsp3) is 0.200. The predicted octanol–water partition coefficient (Wildman–Crippen LogP) is 2.52. The summed E-state index contributed by atoms with van der Waals surface area (Å²) in [5, 5.41) is 4.00. The second kappa shape index (κ2) is 5.49. The second-order valence-electron chi connectivity index (χ2n) is 4.91. The van der Waals surface area contributed by atoms with E-state index in [1.54, 1.807) is 24.4 Å². The number of hydrogen-bond acceptors (Lipinski definition) is 4. The molecule has 0 spiro atoms. The zero-order valence-electron chi connectivity index (χ0n) is 11.6. The Hall–Kier alpha value is -2.47. The normalized spacial score (nSPS) is 12.5. The number of anilines is 1. The fourth-order valence-corrected chi connectivity index (χ4v) is 2.26. The average Bonchev–Trinajstić information content (AvgIpc) is 2.92. The van der Waals surface area contributed by atoms with Gasteiger partial charge in [0, 0.05) is 29.9 Å². The van der Waals surface area contributed by atoms with Gasteiger partial charge in [0.1, 0.15) is 23.6 Å². The first-order valence-electron chi connectivity index (χ1n) is 6.74. The molecule has 1 aromatic carbocycles. The maximum absolute atomic E-state index is 14.0. The number of fused-ring (bicyclic) bond motifs is 1. The van der Waals surface area contributed by atoms with Crippen molar-refractivity contribution in [1.82, 2.24) is 15.0 Å². The van der Waals surface area contributed by atoms with Gasteiger partial charge in [-0.25, -0.2) is 14.4 Å². The van der Waals surface area contributed by atoms with Crippen molar-refractivity contribution in [2.45, 2.75) is 13.0 Å². The van der Waals surface area contributed by atoms with E-state index in [4.69, 9.17) is 5.73 Å². The second-order valence-corrected chi connectivity index (χ2v) is 4.91. The number of rotatable bonds is 4. The van der Waals surface area contributed by atoms with Gasteiger partial charge in [-0.1, -0.05) is 18.2 Å². The van der Waals surface area contributed by atoms with Crippen LogP contribution in [0.25, 0.3) is 22.2 Å². The number of nitrogens with two attached hydrogens (primary N) is 1. The Morgan fingerprint density at radius 3 is 2.86 bits per heavy atom. The highest BCUT2D eigenvalue weighted by atomic mass is 19.1. The minimum atomic E-state index is -0.278. The highest BCUT2D eigenvalue weighted by Crippen LogP contribution is 2.33. The van der Waals surface area contributed by atoms with Crippen LogP contribution >= 0.6 is 0 Å². The summed E-state index contributed by atoms with van der Waals surface area (Å²) in [5.74, 6) is 0.373. The number of aromatic nitrogens is 3. The standard InChI is InChI=1S/C15H16FN5/c1-9(6-17)21-15-13-11(7-18-14(13)19-8-20-15)10-4-2-3-5-12(10)16/h2-5,7-9H,6,17H2,1H3,(H2,18,19,20,21)/t9-/m0/s1. The van der Waals surface area contributed by atoms with Crippen LogP contribution in [0.2, 0.25) is 0 Å². The SMILES string of the molecule is C[C@@H](CN)Nc1ncnc2[nH]cc(-c3ccccc3F)c12. The van der Waals surface area contributed by atoms with E-state index in [-0.39, 0.29) is 11.9 Å². The number of nitrogens with one attached hydrogen (secondary N) is 2. The molecule has 6 heteroatoms. The highest BCUT2D eigenvalue weighted by Gasteiger charge is 2.15. The molecular weight excluding hydrogens is 269 g/mol. The lowest BCUT2D eigenvalue weighted by Gasteiger charge is -2.13. The van der Waals surface area contributed by atoms with Gasteiger partial charge in [0.2, 0.25) is 0 Å². The Labute approximate surface area is 121 Å². The number of halogens is 1. The summed E-state index contributed by atoms with van der Waals surface area (Å²) in [7, 11) is 0. The molecule has 0 saturated heterocycles. The Bertz CT molecular complexity index is 768. The smallest absolute Gasteiger partial charge is 0.143 e. The molecule has 3 aromatic rings. The molecule has 108 valence electrons. The number of aromatic amines is 1. The maximum atomic E-state index is 14.0. The molecular formula is C15H16FN5. The third-order valence-electron chi connectivity index (χ3n) is 3.37. The van der Waals surface area contributed by atoms with Crippen molar-refractivity contribution in [2.24, 2.45) is 5.73 Å². The van der Waals surface area contributed by atoms with Gasteiger partial charge in [-0.3, -0.25) is 0 Å². The Morgan fingerprint density at radius 2 is 2.10 bits per heavy atom. The summed E-state index contributed by atoms with van der Waals surface area (Å²) >= 11 is 0. The summed E-state index contributed by atoms with van der Waals surface area (Å²) in [6.45, 7) is 2.44. The van der Waals surface area contributed by atoms with E-state index in [0.717, 1.165) is 10.9 Å². The minimum Gasteiger partial charge on any atom is -0.366 e. The monoisotopic (exact) mass is 285 g/mol. The molecule has 0 radical (unpaired) electrons. The number of H-pyrrole nitrogens is 1. The summed E-state index contributed by atoms with van der Waals surface area (Å²) in [4.78, 5) is 11.5. The van der Waals surface area contributed by atoms with E-state index >= 15 is 0 Å². The van der Waals surface area contributed by atoms with Crippen molar-refractivity contribution in [1.29, 1.82) is 0 Å². The number of benzene rings is 1. The highest BCUT2D eigenvalue weighted by molar-refractivity contribution is 6.00. The molecule has 3 rings (SSSR count). The molecule has 0 aliphatic rings. The van der Waals surface area contributed by atoms with Crippen LogP contribution in [0.5, 0.6) is 0 Å². The van der Waals surface area contributed by atoms with Gasteiger partial charge in [0.25, 0.3) is 0 Å². The molecule has 2 aromatic heterocycles. The molecule has 0 fully saturated rings. The summed E-state index contributed by atoms with van der Waals surface area (Å²) < 4.78 is 14.0. The zero-order chi connectivity index (χ0) is 14.8. The molecule has 0 aliphatic carbocycles. The van der Waals surface area contributed by atoms with E-state index < -0.39 is 0 Å². The van der Waals surface area contributed by atoms with Gasteiger partial charge in [-0.2, -0.15) is 0 Å². The first-order chi connectivity index (χ1) is 10.2. The van der Waals surface area contributed by atoms with Crippen molar-refractivity contribution in [3.63, 3.8) is 0 Å². The van der Waals surface area contributed by atoms with Gasteiger partial charge in [-0.05, 0) is 13.0 Å². The number of nitrogens with zero attached hydrogens (tertiary/aromatic N) is 2. The van der Waals surface area contributed by atoms with Crippen molar-refractivity contribution >= 4 is 16.9 Å². The maximum Gasteiger partial charge on any atom is 0.143 e. The molecule has 1 atom stereocenters. The molecule has 0 saturated carbocycles. The summed E-state index contributed by atoms with van der Waals surface area (Å²) in [6.07, 6.45) is 3.21. The van der Waals surface area contributed by atoms with E-state index in [2.05, 4.69) is 20.3 Å². The van der Waals surface area contributed by atoms with Gasteiger partial charge in [0.15, 0.2) is 0 Å². The molecule has 5 nitrogen and oxygen atoms in total. The van der Waals surface area contributed by atoms with Crippen LogP contribution in [0.15, 0.2) is 36.8 Å². The Balaban J connectivity index is 2.18. The molecule has 0 amide bonds. The predicted molar refractivity (Wildman–Crippen MR) is 81.4 cm³/mol. The van der Waals surface area contributed by atoms with E-state index in [1.807, 2.05) is 6.92 Å². The van der Waals surface area contributed by atoms with Gasteiger partial charge in [-0.15, -0.1) is 0 Å². The van der Waals surface area contributed by atoms with Crippen LogP contribution in [0.1, 0.15) is 6.92 Å². The average molecular weight is 285 g/mol. The van der Waals surface area contributed by atoms with Gasteiger partial charge < -0.3 is 16.0 Å².